The molecule has 0 spiro atoms. The Kier molecular flexibility index (Phi) is 5.16. The quantitative estimate of drug-likeness (QED) is 0.653. The van der Waals surface area contributed by atoms with E-state index in [1.54, 1.807) is 13.2 Å². The lowest BCUT2D eigenvalue weighted by Gasteiger charge is -2.12. The van der Waals surface area contributed by atoms with Crippen LogP contribution in [0, 0.1) is 0 Å². The zero-order valence-electron chi connectivity index (χ0n) is 11.8. The third kappa shape index (κ3) is 3.95. The average Bonchev–Trinajstić information content (AvgIpc) is 2.53. The zero-order chi connectivity index (χ0) is 15.2. The van der Waals surface area contributed by atoms with Crippen molar-refractivity contribution in [1.82, 2.24) is 9.97 Å². The molecule has 1 aromatic heterocycles. The van der Waals surface area contributed by atoms with Crippen LogP contribution in [0.2, 0.25) is 0 Å². The van der Waals surface area contributed by atoms with Gasteiger partial charge in [-0.15, -0.1) is 11.8 Å². The van der Waals surface area contributed by atoms with E-state index < -0.39 is 11.9 Å². The summed E-state index contributed by atoms with van der Waals surface area (Å²) in [5.74, 6) is -0.832. The highest BCUT2D eigenvalue weighted by molar-refractivity contribution is 7.98. The third-order valence-electron chi connectivity index (χ3n) is 3.13. The minimum absolute atomic E-state index is 0.379. The summed E-state index contributed by atoms with van der Waals surface area (Å²) in [6.07, 6.45) is 3.68. The number of rotatable bonds is 6. The predicted octanol–water partition coefficient (Wildman–Crippen LogP) is 2.62. The Labute approximate surface area is 127 Å². The number of carboxylic acid groups (broad SMARTS) is 1. The summed E-state index contributed by atoms with van der Waals surface area (Å²) in [5.41, 5.74) is 1.45. The number of nitrogens with zero attached hydrogens (tertiary/aromatic N) is 2. The molecule has 1 aromatic carbocycles. The number of carboxylic acids is 1. The first kappa shape index (κ1) is 15.3. The van der Waals surface area contributed by atoms with Gasteiger partial charge in [-0.3, -0.25) is 4.79 Å². The van der Waals surface area contributed by atoms with Crippen molar-refractivity contribution < 1.29 is 14.6 Å². The number of methoxy groups -OCH3 is 1. The monoisotopic (exact) mass is 304 g/mol. The highest BCUT2D eigenvalue weighted by Gasteiger charge is 2.22. The lowest BCUT2D eigenvalue weighted by molar-refractivity contribution is -0.138. The molecule has 0 amide bonds. The number of aliphatic carboxylic acids is 1. The molecule has 1 atom stereocenters. The maximum Gasteiger partial charge on any atom is 0.312 e. The number of benzene rings is 1. The second kappa shape index (κ2) is 7.08. The van der Waals surface area contributed by atoms with E-state index in [0.29, 0.717) is 12.1 Å². The molecule has 0 bridgehead atoms. The van der Waals surface area contributed by atoms with Crippen molar-refractivity contribution in [3.05, 3.63) is 47.9 Å². The summed E-state index contributed by atoms with van der Waals surface area (Å²) >= 11 is 1.46. The fraction of sp³-hybridized carbons (Fsp3) is 0.267. The molecular formula is C15H16N2O3S. The van der Waals surface area contributed by atoms with Crippen molar-refractivity contribution in [1.29, 1.82) is 0 Å². The summed E-state index contributed by atoms with van der Waals surface area (Å²) in [4.78, 5) is 19.7. The molecule has 1 N–H and O–H groups in total. The van der Waals surface area contributed by atoms with Crippen LogP contribution in [0.4, 0.5) is 0 Å². The zero-order valence-corrected chi connectivity index (χ0v) is 12.6. The average molecular weight is 304 g/mol. The fourth-order valence-corrected chi connectivity index (χ4v) is 2.36. The van der Waals surface area contributed by atoms with Crippen LogP contribution in [0.5, 0.6) is 5.75 Å². The van der Waals surface area contributed by atoms with Crippen molar-refractivity contribution in [2.45, 2.75) is 17.4 Å². The summed E-state index contributed by atoms with van der Waals surface area (Å²) in [6, 6.07) is 9.10. The molecule has 5 nitrogen and oxygen atoms in total. The normalized spacial score (nSPS) is 11.9. The van der Waals surface area contributed by atoms with Gasteiger partial charge < -0.3 is 9.84 Å². The Bertz CT molecular complexity index is 617. The summed E-state index contributed by atoms with van der Waals surface area (Å²) in [7, 11) is 1.60. The second-order valence-corrected chi connectivity index (χ2v) is 5.25. The molecule has 21 heavy (non-hydrogen) atoms. The van der Waals surface area contributed by atoms with E-state index in [0.717, 1.165) is 16.3 Å². The fourth-order valence-electron chi connectivity index (χ4n) is 1.97. The summed E-state index contributed by atoms with van der Waals surface area (Å²) < 4.78 is 5.10. The smallest absolute Gasteiger partial charge is 0.312 e. The van der Waals surface area contributed by atoms with Crippen molar-refractivity contribution in [3.63, 3.8) is 0 Å². The molecule has 110 valence electrons. The van der Waals surface area contributed by atoms with Gasteiger partial charge in [0.25, 0.3) is 0 Å². The van der Waals surface area contributed by atoms with Crippen LogP contribution in [0.15, 0.2) is 41.7 Å². The molecular weight excluding hydrogens is 288 g/mol. The van der Waals surface area contributed by atoms with E-state index in [2.05, 4.69) is 9.97 Å². The van der Waals surface area contributed by atoms with Crippen molar-refractivity contribution in [3.8, 4) is 5.75 Å². The highest BCUT2D eigenvalue weighted by Crippen LogP contribution is 2.23. The van der Waals surface area contributed by atoms with Crippen molar-refractivity contribution in [2.75, 3.05) is 13.4 Å². The minimum Gasteiger partial charge on any atom is -0.497 e. The van der Waals surface area contributed by atoms with Crippen LogP contribution >= 0.6 is 11.8 Å². The molecule has 0 aliphatic carbocycles. The van der Waals surface area contributed by atoms with Gasteiger partial charge in [-0.05, 0) is 36.4 Å². The van der Waals surface area contributed by atoms with Crippen LogP contribution in [0.25, 0.3) is 0 Å². The molecule has 2 aromatic rings. The first-order valence-corrected chi connectivity index (χ1v) is 7.58. The largest absolute Gasteiger partial charge is 0.497 e. The number of ether oxygens (including phenoxy) is 1. The van der Waals surface area contributed by atoms with Gasteiger partial charge in [0, 0.05) is 0 Å². The number of aromatic nitrogens is 2. The van der Waals surface area contributed by atoms with Gasteiger partial charge in [0.1, 0.15) is 18.0 Å². The maximum atomic E-state index is 11.5. The van der Waals surface area contributed by atoms with Crippen LogP contribution in [0.1, 0.15) is 17.2 Å². The summed E-state index contributed by atoms with van der Waals surface area (Å²) in [5, 5.41) is 10.2. The molecule has 1 heterocycles. The van der Waals surface area contributed by atoms with Gasteiger partial charge in [-0.25, -0.2) is 9.97 Å². The first-order valence-electron chi connectivity index (χ1n) is 6.35. The van der Waals surface area contributed by atoms with E-state index >= 15 is 0 Å². The van der Waals surface area contributed by atoms with Crippen molar-refractivity contribution >= 4 is 17.7 Å². The number of thioether (sulfide) groups is 1. The van der Waals surface area contributed by atoms with Gasteiger partial charge in [0.15, 0.2) is 0 Å². The van der Waals surface area contributed by atoms with Crippen LogP contribution in [0.3, 0.4) is 0 Å². The molecule has 2 rings (SSSR count). The third-order valence-corrected chi connectivity index (χ3v) is 3.77. The van der Waals surface area contributed by atoms with Gasteiger partial charge in [0.2, 0.25) is 0 Å². The number of hydrogen-bond acceptors (Lipinski definition) is 5. The Balaban J connectivity index is 2.23. The molecule has 0 saturated heterocycles. The first-order chi connectivity index (χ1) is 10.1. The Morgan fingerprint density at radius 1 is 1.33 bits per heavy atom. The Hall–Kier alpha value is -2.08. The number of hydrogen-bond donors (Lipinski definition) is 1. The van der Waals surface area contributed by atoms with Crippen LogP contribution < -0.4 is 4.74 Å². The van der Waals surface area contributed by atoms with Crippen LogP contribution in [-0.4, -0.2) is 34.4 Å². The SMILES string of the molecule is COc1ccc(CC(C(=O)O)c2cc(SC)ncn2)cc1. The topological polar surface area (TPSA) is 72.3 Å². The Morgan fingerprint density at radius 3 is 2.62 bits per heavy atom. The molecule has 0 aliphatic heterocycles. The molecule has 0 aliphatic rings. The van der Waals surface area contributed by atoms with Crippen molar-refractivity contribution in [2.24, 2.45) is 0 Å². The maximum absolute atomic E-state index is 11.5. The number of carbonyl (C=O) groups is 1. The molecule has 0 radical (unpaired) electrons. The molecule has 0 saturated carbocycles. The molecule has 6 heteroatoms. The van der Waals surface area contributed by atoms with Gasteiger partial charge in [-0.1, -0.05) is 12.1 Å². The van der Waals surface area contributed by atoms with Crippen LogP contribution in [-0.2, 0) is 11.2 Å². The highest BCUT2D eigenvalue weighted by atomic mass is 32.2. The van der Waals surface area contributed by atoms with E-state index in [1.807, 2.05) is 30.5 Å². The standard InChI is InChI=1S/C15H16N2O3S/c1-20-11-5-3-10(4-6-11)7-12(15(18)19)13-8-14(21-2)17-9-16-13/h3-6,8-9,12H,7H2,1-2H3,(H,18,19). The Morgan fingerprint density at radius 2 is 2.05 bits per heavy atom. The van der Waals surface area contributed by atoms with E-state index in [9.17, 15) is 9.90 Å². The molecule has 1 unspecified atom stereocenters. The van der Waals surface area contributed by atoms with Gasteiger partial charge >= 0.3 is 5.97 Å². The predicted molar refractivity (Wildman–Crippen MR) is 80.9 cm³/mol. The summed E-state index contributed by atoms with van der Waals surface area (Å²) in [6.45, 7) is 0. The van der Waals surface area contributed by atoms with E-state index in [4.69, 9.17) is 4.74 Å². The molecule has 0 fully saturated rings. The minimum atomic E-state index is -0.892. The second-order valence-electron chi connectivity index (χ2n) is 4.43. The lowest BCUT2D eigenvalue weighted by Crippen LogP contribution is -2.16. The van der Waals surface area contributed by atoms with E-state index in [-0.39, 0.29) is 0 Å². The van der Waals surface area contributed by atoms with E-state index in [1.165, 1.54) is 18.1 Å². The van der Waals surface area contributed by atoms with Gasteiger partial charge in [0.05, 0.1) is 17.8 Å². The lowest BCUT2D eigenvalue weighted by atomic mass is 9.96. The van der Waals surface area contributed by atoms with Gasteiger partial charge in [-0.2, -0.15) is 0 Å².